The number of aromatic nitrogens is 3. The Bertz CT molecular complexity index is 1100. The summed E-state index contributed by atoms with van der Waals surface area (Å²) in [5, 5.41) is 11.4. The van der Waals surface area contributed by atoms with E-state index >= 15 is 0 Å². The highest BCUT2D eigenvalue weighted by Crippen LogP contribution is 2.41. The fraction of sp³-hybridized carbons (Fsp3) is 0.286. The van der Waals surface area contributed by atoms with Gasteiger partial charge in [-0.2, -0.15) is 0 Å². The third-order valence-electron chi connectivity index (χ3n) is 4.49. The molecule has 0 radical (unpaired) electrons. The molecule has 32 heavy (non-hydrogen) atoms. The van der Waals surface area contributed by atoms with Gasteiger partial charge < -0.3 is 24.1 Å². The van der Waals surface area contributed by atoms with Gasteiger partial charge in [-0.15, -0.1) is 10.2 Å². The van der Waals surface area contributed by atoms with Crippen LogP contribution in [0.4, 0.5) is 14.5 Å². The fourth-order valence-corrected chi connectivity index (χ4v) is 3.81. The molecule has 0 fully saturated rings. The lowest BCUT2D eigenvalue weighted by Crippen LogP contribution is -2.15. The number of hydrogen-bond acceptors (Lipinski definition) is 7. The Morgan fingerprint density at radius 1 is 1.06 bits per heavy atom. The SMILES string of the molecule is CCn1c(SCC(=O)Nc2ccc(F)cc2F)nnc1-c1cc(OC)c(OC)c(OC)c1. The summed E-state index contributed by atoms with van der Waals surface area (Å²) in [6.07, 6.45) is 0. The van der Waals surface area contributed by atoms with E-state index in [2.05, 4.69) is 15.5 Å². The van der Waals surface area contributed by atoms with Crippen LogP contribution >= 0.6 is 11.8 Å². The van der Waals surface area contributed by atoms with Crippen LogP contribution in [0.2, 0.25) is 0 Å². The molecule has 3 rings (SSSR count). The molecule has 0 unspecified atom stereocenters. The van der Waals surface area contributed by atoms with E-state index in [1.807, 2.05) is 11.5 Å². The Morgan fingerprint density at radius 2 is 1.75 bits per heavy atom. The molecule has 3 aromatic rings. The van der Waals surface area contributed by atoms with E-state index in [1.54, 1.807) is 12.1 Å². The van der Waals surface area contributed by atoms with E-state index < -0.39 is 17.5 Å². The Labute approximate surface area is 187 Å². The van der Waals surface area contributed by atoms with Crippen molar-refractivity contribution in [2.45, 2.75) is 18.6 Å². The predicted molar refractivity (Wildman–Crippen MR) is 116 cm³/mol. The van der Waals surface area contributed by atoms with Gasteiger partial charge >= 0.3 is 0 Å². The zero-order valence-electron chi connectivity index (χ0n) is 17.9. The molecule has 0 atom stereocenters. The summed E-state index contributed by atoms with van der Waals surface area (Å²) in [4.78, 5) is 12.2. The smallest absolute Gasteiger partial charge is 0.234 e. The highest BCUT2D eigenvalue weighted by atomic mass is 32.2. The topological polar surface area (TPSA) is 87.5 Å². The van der Waals surface area contributed by atoms with Crippen LogP contribution in [0.5, 0.6) is 17.2 Å². The third-order valence-corrected chi connectivity index (χ3v) is 5.46. The number of carbonyl (C=O) groups is 1. The number of amides is 1. The molecule has 11 heteroatoms. The van der Waals surface area contributed by atoms with E-state index in [9.17, 15) is 13.6 Å². The minimum absolute atomic E-state index is 0.0375. The molecule has 170 valence electrons. The first kappa shape index (κ1) is 23.3. The Kier molecular flexibility index (Phi) is 7.52. The van der Waals surface area contributed by atoms with E-state index in [0.29, 0.717) is 46.4 Å². The van der Waals surface area contributed by atoms with Gasteiger partial charge in [-0.25, -0.2) is 8.78 Å². The second-order valence-corrected chi connectivity index (χ2v) is 7.37. The van der Waals surface area contributed by atoms with Gasteiger partial charge in [0.1, 0.15) is 11.6 Å². The lowest BCUT2D eigenvalue weighted by Gasteiger charge is -2.14. The average molecular weight is 464 g/mol. The van der Waals surface area contributed by atoms with Gasteiger partial charge in [0.15, 0.2) is 22.5 Å². The number of carbonyl (C=O) groups excluding carboxylic acids is 1. The van der Waals surface area contributed by atoms with E-state index in [-0.39, 0.29) is 11.4 Å². The second-order valence-electron chi connectivity index (χ2n) is 6.43. The molecule has 0 saturated heterocycles. The van der Waals surface area contributed by atoms with Crippen LogP contribution < -0.4 is 19.5 Å². The number of nitrogens with one attached hydrogen (secondary N) is 1. The minimum atomic E-state index is -0.843. The zero-order chi connectivity index (χ0) is 23.3. The second kappa shape index (κ2) is 10.3. The average Bonchev–Trinajstić information content (AvgIpc) is 3.21. The number of anilines is 1. The first-order valence-electron chi connectivity index (χ1n) is 9.53. The summed E-state index contributed by atoms with van der Waals surface area (Å²) < 4.78 is 44.7. The molecule has 0 saturated carbocycles. The zero-order valence-corrected chi connectivity index (χ0v) is 18.8. The van der Waals surface area contributed by atoms with E-state index in [4.69, 9.17) is 14.2 Å². The summed E-state index contributed by atoms with van der Waals surface area (Å²) in [6.45, 7) is 2.46. The molecule has 0 aliphatic carbocycles. The number of nitrogens with zero attached hydrogens (tertiary/aromatic N) is 3. The molecular weight excluding hydrogens is 442 g/mol. The number of rotatable bonds is 9. The molecule has 1 heterocycles. The molecule has 1 aromatic heterocycles. The van der Waals surface area contributed by atoms with Crippen molar-refractivity contribution in [3.8, 4) is 28.6 Å². The maximum atomic E-state index is 13.7. The molecule has 0 aliphatic heterocycles. The van der Waals surface area contributed by atoms with Crippen molar-refractivity contribution >= 4 is 23.4 Å². The van der Waals surface area contributed by atoms with Crippen LogP contribution in [0, 0.1) is 11.6 Å². The summed E-state index contributed by atoms with van der Waals surface area (Å²) in [5.74, 6) is -0.0929. The van der Waals surface area contributed by atoms with Gasteiger partial charge in [0.25, 0.3) is 0 Å². The van der Waals surface area contributed by atoms with E-state index in [0.717, 1.165) is 17.8 Å². The number of ether oxygens (including phenoxy) is 3. The van der Waals surface area contributed by atoms with Crippen molar-refractivity contribution < 1.29 is 27.8 Å². The fourth-order valence-electron chi connectivity index (χ4n) is 3.01. The molecule has 8 nitrogen and oxygen atoms in total. The number of methoxy groups -OCH3 is 3. The molecule has 1 amide bonds. The normalized spacial score (nSPS) is 10.7. The van der Waals surface area contributed by atoms with Crippen molar-refractivity contribution in [1.29, 1.82) is 0 Å². The van der Waals surface area contributed by atoms with Crippen molar-refractivity contribution in [2.24, 2.45) is 0 Å². The van der Waals surface area contributed by atoms with Gasteiger partial charge in [0.05, 0.1) is 32.8 Å². The Balaban J connectivity index is 1.80. The van der Waals surface area contributed by atoms with Crippen molar-refractivity contribution in [2.75, 3.05) is 32.4 Å². The van der Waals surface area contributed by atoms with E-state index in [1.165, 1.54) is 27.4 Å². The highest BCUT2D eigenvalue weighted by molar-refractivity contribution is 7.99. The van der Waals surface area contributed by atoms with Crippen LogP contribution in [0.1, 0.15) is 6.92 Å². The largest absolute Gasteiger partial charge is 0.493 e. The van der Waals surface area contributed by atoms with Gasteiger partial charge in [0, 0.05) is 18.2 Å². The van der Waals surface area contributed by atoms with Gasteiger partial charge in [-0.1, -0.05) is 11.8 Å². The number of hydrogen-bond donors (Lipinski definition) is 1. The predicted octanol–water partition coefficient (Wildman–Crippen LogP) is 4.00. The molecule has 0 aliphatic rings. The Morgan fingerprint density at radius 3 is 2.31 bits per heavy atom. The highest BCUT2D eigenvalue weighted by Gasteiger charge is 2.20. The molecule has 0 bridgehead atoms. The van der Waals surface area contributed by atoms with Crippen LogP contribution in [0.15, 0.2) is 35.5 Å². The lowest BCUT2D eigenvalue weighted by atomic mass is 10.1. The third kappa shape index (κ3) is 4.93. The van der Waals surface area contributed by atoms with Crippen LogP contribution in [0.3, 0.4) is 0 Å². The van der Waals surface area contributed by atoms with Crippen molar-refractivity contribution in [3.63, 3.8) is 0 Å². The minimum Gasteiger partial charge on any atom is -0.493 e. The Hall–Kier alpha value is -3.34. The standard InChI is InChI=1S/C21H22F2N4O4S/c1-5-27-20(12-8-16(29-2)19(31-4)17(9-12)30-3)25-26-21(27)32-11-18(28)24-15-7-6-13(22)10-14(15)23/h6-10H,5,11H2,1-4H3,(H,24,28). The first-order valence-corrected chi connectivity index (χ1v) is 10.5. The summed E-state index contributed by atoms with van der Waals surface area (Å²) in [7, 11) is 4.57. The molecule has 1 N–H and O–H groups in total. The molecule has 2 aromatic carbocycles. The van der Waals surface area contributed by atoms with Gasteiger partial charge in [-0.05, 0) is 31.2 Å². The van der Waals surface area contributed by atoms with Gasteiger partial charge in [0.2, 0.25) is 11.7 Å². The van der Waals surface area contributed by atoms with Crippen LogP contribution in [-0.4, -0.2) is 47.8 Å². The molecule has 0 spiro atoms. The quantitative estimate of drug-likeness (QED) is 0.479. The monoisotopic (exact) mass is 464 g/mol. The summed E-state index contributed by atoms with van der Waals surface area (Å²) in [6, 6.07) is 6.47. The maximum absolute atomic E-state index is 13.7. The van der Waals surface area contributed by atoms with Crippen LogP contribution in [0.25, 0.3) is 11.4 Å². The van der Waals surface area contributed by atoms with Crippen molar-refractivity contribution in [1.82, 2.24) is 14.8 Å². The number of benzene rings is 2. The maximum Gasteiger partial charge on any atom is 0.234 e. The summed E-state index contributed by atoms with van der Waals surface area (Å²) in [5.41, 5.74) is 0.602. The first-order chi connectivity index (χ1) is 15.4. The molecular formula is C21H22F2N4O4S. The van der Waals surface area contributed by atoms with Gasteiger partial charge in [-0.3, -0.25) is 4.79 Å². The number of halogens is 2. The van der Waals surface area contributed by atoms with Crippen LogP contribution in [-0.2, 0) is 11.3 Å². The summed E-state index contributed by atoms with van der Waals surface area (Å²) >= 11 is 1.14. The lowest BCUT2D eigenvalue weighted by molar-refractivity contribution is -0.113. The number of thioether (sulfide) groups is 1. The van der Waals surface area contributed by atoms with Crippen molar-refractivity contribution in [3.05, 3.63) is 42.0 Å².